The molecule has 0 aliphatic rings. The van der Waals surface area contributed by atoms with Crippen LogP contribution in [0.1, 0.15) is 10.4 Å². The number of nitrogens with zero attached hydrogens (tertiary/aromatic N) is 3. The Hall–Kier alpha value is -2.77. The number of hydrogen-bond acceptors (Lipinski definition) is 4. The first-order valence-corrected chi connectivity index (χ1v) is 8.43. The molecule has 0 fully saturated rings. The van der Waals surface area contributed by atoms with Crippen molar-refractivity contribution in [3.63, 3.8) is 0 Å². The van der Waals surface area contributed by atoms with E-state index in [1.54, 1.807) is 6.08 Å². The SMILES string of the molecule is C=CCn1c(=NC(=O)c2cc(Cl)ccc2[N+](=O)[O-])sc2ccccc21. The maximum atomic E-state index is 12.6. The third-order valence-corrected chi connectivity index (χ3v) is 4.78. The molecule has 126 valence electrons. The molecule has 3 rings (SSSR count). The molecule has 0 radical (unpaired) electrons. The average Bonchev–Trinajstić information content (AvgIpc) is 2.92. The summed E-state index contributed by atoms with van der Waals surface area (Å²) in [6, 6.07) is 11.5. The van der Waals surface area contributed by atoms with Gasteiger partial charge in [-0.15, -0.1) is 6.58 Å². The molecule has 2 aromatic carbocycles. The van der Waals surface area contributed by atoms with Crippen LogP contribution in [0.15, 0.2) is 60.1 Å². The Balaban J connectivity index is 2.19. The lowest BCUT2D eigenvalue weighted by Crippen LogP contribution is -2.16. The molecule has 3 aromatic rings. The number of para-hydroxylation sites is 1. The molecule has 0 aliphatic heterocycles. The number of nitro benzene ring substituents is 1. The quantitative estimate of drug-likeness (QED) is 0.391. The Kier molecular flexibility index (Phi) is 4.78. The third kappa shape index (κ3) is 3.38. The molecule has 6 nitrogen and oxygen atoms in total. The summed E-state index contributed by atoms with van der Waals surface area (Å²) < 4.78 is 2.79. The predicted molar refractivity (Wildman–Crippen MR) is 98.0 cm³/mol. The van der Waals surface area contributed by atoms with Crippen LogP contribution in [0.25, 0.3) is 10.2 Å². The van der Waals surface area contributed by atoms with Crippen LogP contribution in [0.2, 0.25) is 5.02 Å². The maximum absolute atomic E-state index is 12.6. The first-order chi connectivity index (χ1) is 12.0. The van der Waals surface area contributed by atoms with Gasteiger partial charge in [-0.1, -0.05) is 41.1 Å². The minimum Gasteiger partial charge on any atom is -0.312 e. The standard InChI is InChI=1S/C17H12ClN3O3S/c1-2-9-20-14-5-3-4-6-15(14)25-17(20)19-16(22)12-10-11(18)7-8-13(12)21(23)24/h2-8,10H,1,9H2. The molecule has 0 bridgehead atoms. The number of nitro groups is 1. The van der Waals surface area contributed by atoms with E-state index in [1.807, 2.05) is 28.8 Å². The van der Waals surface area contributed by atoms with Crippen molar-refractivity contribution in [1.82, 2.24) is 4.57 Å². The maximum Gasteiger partial charge on any atom is 0.286 e. The Morgan fingerprint density at radius 3 is 2.84 bits per heavy atom. The Morgan fingerprint density at radius 2 is 2.12 bits per heavy atom. The number of carbonyl (C=O) groups excluding carboxylic acids is 1. The lowest BCUT2D eigenvalue weighted by molar-refractivity contribution is -0.385. The smallest absolute Gasteiger partial charge is 0.286 e. The number of carbonyl (C=O) groups is 1. The number of halogens is 1. The molecule has 0 N–H and O–H groups in total. The molecule has 0 saturated heterocycles. The fourth-order valence-electron chi connectivity index (χ4n) is 2.40. The summed E-state index contributed by atoms with van der Waals surface area (Å²) >= 11 is 7.21. The fourth-order valence-corrected chi connectivity index (χ4v) is 3.61. The summed E-state index contributed by atoms with van der Waals surface area (Å²) in [5.41, 5.74) is 0.453. The van der Waals surface area contributed by atoms with Gasteiger partial charge in [-0.3, -0.25) is 14.9 Å². The largest absolute Gasteiger partial charge is 0.312 e. The van der Waals surface area contributed by atoms with E-state index in [-0.39, 0.29) is 16.3 Å². The summed E-state index contributed by atoms with van der Waals surface area (Å²) in [5.74, 6) is -0.710. The van der Waals surface area contributed by atoms with E-state index in [9.17, 15) is 14.9 Å². The van der Waals surface area contributed by atoms with Crippen molar-refractivity contribution in [2.24, 2.45) is 4.99 Å². The second-order valence-corrected chi connectivity index (χ2v) is 6.53. The van der Waals surface area contributed by atoms with Gasteiger partial charge in [0.15, 0.2) is 4.80 Å². The molecule has 25 heavy (non-hydrogen) atoms. The molecule has 1 heterocycles. The summed E-state index contributed by atoms with van der Waals surface area (Å²) in [7, 11) is 0. The topological polar surface area (TPSA) is 77.5 Å². The van der Waals surface area contributed by atoms with E-state index < -0.39 is 10.8 Å². The van der Waals surface area contributed by atoms with Crippen LogP contribution in [0.4, 0.5) is 5.69 Å². The molecule has 0 spiro atoms. The van der Waals surface area contributed by atoms with E-state index in [1.165, 1.54) is 29.5 Å². The Labute approximate surface area is 151 Å². The summed E-state index contributed by atoms with van der Waals surface area (Å²) in [6.07, 6.45) is 1.70. The van der Waals surface area contributed by atoms with Gasteiger partial charge < -0.3 is 4.57 Å². The summed E-state index contributed by atoms with van der Waals surface area (Å²) in [4.78, 5) is 27.6. The molecule has 0 saturated carbocycles. The van der Waals surface area contributed by atoms with Crippen molar-refractivity contribution in [2.75, 3.05) is 0 Å². The molecule has 0 unspecified atom stereocenters. The summed E-state index contributed by atoms with van der Waals surface area (Å²) in [5, 5.41) is 11.4. The second-order valence-electron chi connectivity index (χ2n) is 5.09. The number of rotatable bonds is 4. The zero-order chi connectivity index (χ0) is 18.0. The minimum absolute atomic E-state index is 0.139. The van der Waals surface area contributed by atoms with Crippen LogP contribution in [-0.2, 0) is 6.54 Å². The van der Waals surface area contributed by atoms with Crippen LogP contribution in [0, 0.1) is 10.1 Å². The van der Waals surface area contributed by atoms with Crippen molar-refractivity contribution in [1.29, 1.82) is 0 Å². The van der Waals surface area contributed by atoms with Crippen LogP contribution >= 0.6 is 22.9 Å². The highest BCUT2D eigenvalue weighted by Gasteiger charge is 2.20. The molecule has 0 aliphatic carbocycles. The van der Waals surface area contributed by atoms with Crippen LogP contribution < -0.4 is 4.80 Å². The van der Waals surface area contributed by atoms with Gasteiger partial charge in [-0.25, -0.2) is 0 Å². The van der Waals surface area contributed by atoms with Gasteiger partial charge in [-0.2, -0.15) is 4.99 Å². The van der Waals surface area contributed by atoms with Gasteiger partial charge in [0.05, 0.1) is 15.1 Å². The van der Waals surface area contributed by atoms with Gasteiger partial charge >= 0.3 is 0 Å². The molecule has 0 atom stereocenters. The van der Waals surface area contributed by atoms with Crippen LogP contribution in [-0.4, -0.2) is 15.4 Å². The highest BCUT2D eigenvalue weighted by Crippen LogP contribution is 2.24. The van der Waals surface area contributed by atoms with E-state index in [4.69, 9.17) is 11.6 Å². The number of benzene rings is 2. The molecular formula is C17H12ClN3O3S. The molecular weight excluding hydrogens is 362 g/mol. The molecule has 1 amide bonds. The fraction of sp³-hybridized carbons (Fsp3) is 0.0588. The lowest BCUT2D eigenvalue weighted by atomic mass is 10.2. The van der Waals surface area contributed by atoms with E-state index >= 15 is 0 Å². The van der Waals surface area contributed by atoms with Crippen molar-refractivity contribution in [3.8, 4) is 0 Å². The zero-order valence-electron chi connectivity index (χ0n) is 12.9. The number of hydrogen-bond donors (Lipinski definition) is 0. The number of thiazole rings is 1. The van der Waals surface area contributed by atoms with Crippen molar-refractivity contribution >= 4 is 44.7 Å². The second kappa shape index (κ2) is 7.00. The van der Waals surface area contributed by atoms with E-state index in [2.05, 4.69) is 11.6 Å². The van der Waals surface area contributed by atoms with Crippen molar-refractivity contribution < 1.29 is 9.72 Å². The van der Waals surface area contributed by atoms with Gasteiger partial charge in [0, 0.05) is 17.6 Å². The monoisotopic (exact) mass is 373 g/mol. The number of aromatic nitrogens is 1. The summed E-state index contributed by atoms with van der Waals surface area (Å²) in [6.45, 7) is 4.19. The first kappa shape index (κ1) is 17.1. The number of amides is 1. The third-order valence-electron chi connectivity index (χ3n) is 3.48. The van der Waals surface area contributed by atoms with Crippen LogP contribution in [0.3, 0.4) is 0 Å². The van der Waals surface area contributed by atoms with Gasteiger partial charge in [-0.05, 0) is 24.3 Å². The lowest BCUT2D eigenvalue weighted by Gasteiger charge is -2.01. The first-order valence-electron chi connectivity index (χ1n) is 7.23. The molecule has 1 aromatic heterocycles. The van der Waals surface area contributed by atoms with Crippen LogP contribution in [0.5, 0.6) is 0 Å². The van der Waals surface area contributed by atoms with E-state index in [0.29, 0.717) is 11.3 Å². The Morgan fingerprint density at radius 1 is 1.36 bits per heavy atom. The minimum atomic E-state index is -0.710. The highest BCUT2D eigenvalue weighted by molar-refractivity contribution is 7.16. The van der Waals surface area contributed by atoms with Gasteiger partial charge in [0.25, 0.3) is 11.6 Å². The van der Waals surface area contributed by atoms with Gasteiger partial charge in [0.2, 0.25) is 0 Å². The van der Waals surface area contributed by atoms with Gasteiger partial charge in [0.1, 0.15) is 5.56 Å². The zero-order valence-corrected chi connectivity index (χ0v) is 14.5. The van der Waals surface area contributed by atoms with E-state index in [0.717, 1.165) is 10.2 Å². The van der Waals surface area contributed by atoms with Crippen molar-refractivity contribution in [3.05, 3.63) is 80.6 Å². The Bertz CT molecular complexity index is 1070. The van der Waals surface area contributed by atoms with Crippen molar-refractivity contribution in [2.45, 2.75) is 6.54 Å². The average molecular weight is 374 g/mol. The predicted octanol–water partition coefficient (Wildman–Crippen LogP) is 4.19. The number of fused-ring (bicyclic) bond motifs is 1. The molecule has 8 heteroatoms. The normalized spacial score (nSPS) is 11.6. The number of allylic oxidation sites excluding steroid dienone is 1. The highest BCUT2D eigenvalue weighted by atomic mass is 35.5.